The normalized spacial score (nSPS) is 24.6. The van der Waals surface area contributed by atoms with Crippen molar-refractivity contribution >= 4 is 23.6 Å². The molecule has 0 bridgehead atoms. The number of carboxylic acids is 1. The summed E-state index contributed by atoms with van der Waals surface area (Å²) in [7, 11) is 0. The van der Waals surface area contributed by atoms with Gasteiger partial charge < -0.3 is 10.0 Å². The van der Waals surface area contributed by atoms with E-state index < -0.39 is 12.0 Å². The SMILES string of the molecule is N#Cc1ccc(C(=O)N2C(C(=O)O)CSC2C2CC2)cc1. The molecule has 0 spiro atoms. The van der Waals surface area contributed by atoms with Crippen LogP contribution in [0.5, 0.6) is 0 Å². The molecule has 1 amide bonds. The van der Waals surface area contributed by atoms with Gasteiger partial charge in [0.2, 0.25) is 0 Å². The van der Waals surface area contributed by atoms with E-state index in [1.807, 2.05) is 6.07 Å². The summed E-state index contributed by atoms with van der Waals surface area (Å²) in [5.74, 6) is -0.346. The smallest absolute Gasteiger partial charge is 0.327 e. The minimum atomic E-state index is -0.951. The van der Waals surface area contributed by atoms with Crippen LogP contribution >= 0.6 is 11.8 Å². The minimum absolute atomic E-state index is 0.0331. The van der Waals surface area contributed by atoms with E-state index in [2.05, 4.69) is 0 Å². The third kappa shape index (κ3) is 2.61. The predicted octanol–water partition coefficient (Wildman–Crippen LogP) is 1.94. The van der Waals surface area contributed by atoms with Crippen molar-refractivity contribution in [1.29, 1.82) is 5.26 Å². The summed E-state index contributed by atoms with van der Waals surface area (Å²) in [5.41, 5.74) is 0.921. The molecule has 1 aromatic rings. The van der Waals surface area contributed by atoms with Crippen molar-refractivity contribution in [2.45, 2.75) is 24.3 Å². The van der Waals surface area contributed by atoms with Gasteiger partial charge in [-0.15, -0.1) is 11.8 Å². The van der Waals surface area contributed by atoms with Gasteiger partial charge in [-0.3, -0.25) is 4.79 Å². The molecular formula is C15H14N2O3S. The van der Waals surface area contributed by atoms with Crippen LogP contribution < -0.4 is 0 Å². The Labute approximate surface area is 126 Å². The zero-order chi connectivity index (χ0) is 15.0. The van der Waals surface area contributed by atoms with Crippen LogP contribution in [-0.4, -0.2) is 39.1 Å². The van der Waals surface area contributed by atoms with Crippen LogP contribution in [0.25, 0.3) is 0 Å². The van der Waals surface area contributed by atoms with Crippen LogP contribution in [0.3, 0.4) is 0 Å². The van der Waals surface area contributed by atoms with Crippen LogP contribution in [0.2, 0.25) is 0 Å². The highest BCUT2D eigenvalue weighted by molar-refractivity contribution is 8.00. The maximum atomic E-state index is 12.7. The first-order valence-corrected chi connectivity index (χ1v) is 7.84. The standard InChI is InChI=1S/C15H14N2O3S/c16-7-9-1-3-10(4-2-9)13(18)17-12(15(19)20)8-21-14(17)11-5-6-11/h1-4,11-12,14H,5-6,8H2,(H,19,20). The van der Waals surface area contributed by atoms with Gasteiger partial charge in [0.15, 0.2) is 0 Å². The number of aliphatic carboxylic acids is 1. The molecule has 3 rings (SSSR count). The topological polar surface area (TPSA) is 81.4 Å². The monoisotopic (exact) mass is 302 g/mol. The number of carbonyl (C=O) groups is 2. The van der Waals surface area contributed by atoms with Crippen LogP contribution in [0, 0.1) is 17.2 Å². The molecule has 5 nitrogen and oxygen atoms in total. The first-order valence-electron chi connectivity index (χ1n) is 6.79. The highest BCUT2D eigenvalue weighted by Gasteiger charge is 2.48. The number of carboxylic acid groups (broad SMARTS) is 1. The summed E-state index contributed by atoms with van der Waals surface area (Å²) in [4.78, 5) is 25.6. The summed E-state index contributed by atoms with van der Waals surface area (Å²) in [5, 5.41) is 18.1. The van der Waals surface area contributed by atoms with Gasteiger partial charge in [0.25, 0.3) is 5.91 Å². The van der Waals surface area contributed by atoms with E-state index in [9.17, 15) is 14.7 Å². The summed E-state index contributed by atoms with van der Waals surface area (Å²) in [6, 6.07) is 7.59. The summed E-state index contributed by atoms with van der Waals surface area (Å²) < 4.78 is 0. The Morgan fingerprint density at radius 2 is 1.95 bits per heavy atom. The van der Waals surface area contributed by atoms with E-state index in [1.54, 1.807) is 36.0 Å². The first-order chi connectivity index (χ1) is 10.1. The molecule has 1 N–H and O–H groups in total. The third-order valence-corrected chi connectivity index (χ3v) is 5.30. The second-order valence-electron chi connectivity index (χ2n) is 5.32. The van der Waals surface area contributed by atoms with E-state index >= 15 is 0 Å². The second kappa shape index (κ2) is 5.41. The summed E-state index contributed by atoms with van der Waals surface area (Å²) in [6.07, 6.45) is 2.11. The van der Waals surface area contributed by atoms with Crippen molar-refractivity contribution in [2.24, 2.45) is 5.92 Å². The Bertz CT molecular complexity index is 619. The van der Waals surface area contributed by atoms with Gasteiger partial charge in [-0.05, 0) is 43.0 Å². The second-order valence-corrected chi connectivity index (χ2v) is 6.47. The average molecular weight is 302 g/mol. The molecule has 2 aliphatic rings. The van der Waals surface area contributed by atoms with Crippen LogP contribution in [-0.2, 0) is 4.79 Å². The zero-order valence-corrected chi connectivity index (χ0v) is 12.0. The molecule has 108 valence electrons. The number of benzene rings is 1. The molecule has 1 aromatic carbocycles. The van der Waals surface area contributed by atoms with E-state index in [4.69, 9.17) is 5.26 Å². The van der Waals surface area contributed by atoms with Gasteiger partial charge >= 0.3 is 5.97 Å². The minimum Gasteiger partial charge on any atom is -0.480 e. The van der Waals surface area contributed by atoms with Crippen molar-refractivity contribution in [3.8, 4) is 6.07 Å². The van der Waals surface area contributed by atoms with Gasteiger partial charge in [-0.2, -0.15) is 5.26 Å². The maximum absolute atomic E-state index is 12.7. The summed E-state index contributed by atoms with van der Waals surface area (Å²) in [6.45, 7) is 0. The number of amides is 1. The Morgan fingerprint density at radius 1 is 1.29 bits per heavy atom. The number of hydrogen-bond acceptors (Lipinski definition) is 4. The fourth-order valence-corrected chi connectivity index (χ4v) is 4.19. The number of nitrogens with zero attached hydrogens (tertiary/aromatic N) is 2. The number of rotatable bonds is 3. The summed E-state index contributed by atoms with van der Waals surface area (Å²) >= 11 is 1.56. The molecule has 0 aromatic heterocycles. The fourth-order valence-electron chi connectivity index (χ4n) is 2.56. The molecule has 2 fully saturated rings. The highest BCUT2D eigenvalue weighted by Crippen LogP contribution is 2.45. The lowest BCUT2D eigenvalue weighted by atomic mass is 10.1. The first kappa shape index (κ1) is 14.0. The predicted molar refractivity (Wildman–Crippen MR) is 77.7 cm³/mol. The third-order valence-electron chi connectivity index (χ3n) is 3.84. The van der Waals surface area contributed by atoms with E-state index in [-0.39, 0.29) is 11.3 Å². The molecule has 2 atom stereocenters. The van der Waals surface area contributed by atoms with Crippen molar-refractivity contribution in [3.63, 3.8) is 0 Å². The van der Waals surface area contributed by atoms with Gasteiger partial charge in [-0.1, -0.05) is 0 Å². The maximum Gasteiger partial charge on any atom is 0.327 e. The lowest BCUT2D eigenvalue weighted by molar-refractivity contribution is -0.141. The van der Waals surface area contributed by atoms with E-state index in [0.29, 0.717) is 22.8 Å². The van der Waals surface area contributed by atoms with Crippen LogP contribution in [0.15, 0.2) is 24.3 Å². The quantitative estimate of drug-likeness (QED) is 0.922. The van der Waals surface area contributed by atoms with Gasteiger partial charge in [0.05, 0.1) is 17.0 Å². The number of nitriles is 1. The molecule has 0 radical (unpaired) electrons. The molecular weight excluding hydrogens is 288 g/mol. The molecule has 1 saturated carbocycles. The number of thioether (sulfide) groups is 1. The molecule has 1 aliphatic heterocycles. The van der Waals surface area contributed by atoms with Gasteiger partial charge in [0, 0.05) is 11.3 Å². The molecule has 6 heteroatoms. The Hall–Kier alpha value is -2.00. The zero-order valence-electron chi connectivity index (χ0n) is 11.2. The Morgan fingerprint density at radius 3 is 2.48 bits per heavy atom. The fraction of sp³-hybridized carbons (Fsp3) is 0.400. The molecule has 1 heterocycles. The van der Waals surface area contributed by atoms with E-state index in [0.717, 1.165) is 12.8 Å². The number of hydrogen-bond donors (Lipinski definition) is 1. The molecule has 21 heavy (non-hydrogen) atoms. The lowest BCUT2D eigenvalue weighted by Crippen LogP contribution is -2.46. The lowest BCUT2D eigenvalue weighted by Gasteiger charge is -2.27. The molecule has 1 saturated heterocycles. The molecule has 1 aliphatic carbocycles. The van der Waals surface area contributed by atoms with Crippen molar-refractivity contribution < 1.29 is 14.7 Å². The van der Waals surface area contributed by atoms with Crippen LogP contribution in [0.1, 0.15) is 28.8 Å². The van der Waals surface area contributed by atoms with Crippen molar-refractivity contribution in [1.82, 2.24) is 4.90 Å². The molecule has 2 unspecified atom stereocenters. The van der Waals surface area contributed by atoms with Crippen molar-refractivity contribution in [2.75, 3.05) is 5.75 Å². The van der Waals surface area contributed by atoms with Crippen molar-refractivity contribution in [3.05, 3.63) is 35.4 Å². The Kier molecular flexibility index (Phi) is 3.60. The highest BCUT2D eigenvalue weighted by atomic mass is 32.2. The Balaban J connectivity index is 1.88. The van der Waals surface area contributed by atoms with E-state index in [1.165, 1.54) is 4.90 Å². The largest absolute Gasteiger partial charge is 0.480 e. The average Bonchev–Trinajstić information content (AvgIpc) is 3.24. The van der Waals surface area contributed by atoms with Gasteiger partial charge in [0.1, 0.15) is 6.04 Å². The van der Waals surface area contributed by atoms with Crippen LogP contribution in [0.4, 0.5) is 0 Å². The number of carbonyl (C=O) groups excluding carboxylic acids is 1. The van der Waals surface area contributed by atoms with Gasteiger partial charge in [-0.25, -0.2) is 4.79 Å².